The minimum Gasteiger partial charge on any atom is -0.423 e. The van der Waals surface area contributed by atoms with Crippen molar-refractivity contribution in [2.75, 3.05) is 19.0 Å². The predicted octanol–water partition coefficient (Wildman–Crippen LogP) is -0.751. The Kier molecular flexibility index (Phi) is 4.76. The van der Waals surface area contributed by atoms with Gasteiger partial charge in [-0.05, 0) is 6.07 Å². The molecule has 72 valence electrons. The summed E-state index contributed by atoms with van der Waals surface area (Å²) in [6.45, 7) is 0. The van der Waals surface area contributed by atoms with E-state index in [0.29, 0.717) is 5.46 Å². The van der Waals surface area contributed by atoms with Gasteiger partial charge >= 0.3 is 7.12 Å². The molecule has 0 fully saturated rings. The lowest BCUT2D eigenvalue weighted by molar-refractivity contribution is 0.425. The number of pyridine rings is 1. The molecule has 0 radical (unpaired) electrons. The fourth-order valence-corrected chi connectivity index (χ4v) is 0.815. The molecule has 0 saturated heterocycles. The second-order valence-corrected chi connectivity index (χ2v) is 2.72. The van der Waals surface area contributed by atoms with Gasteiger partial charge in [-0.15, -0.1) is 12.4 Å². The lowest BCUT2D eigenvalue weighted by atomic mass is 9.82. The Balaban J connectivity index is 0.00000144. The Hall–Kier alpha value is -0.775. The van der Waals surface area contributed by atoms with Crippen molar-refractivity contribution in [1.29, 1.82) is 0 Å². The molecule has 0 amide bonds. The lowest BCUT2D eigenvalue weighted by Crippen LogP contribution is -2.30. The molecule has 1 aromatic rings. The van der Waals surface area contributed by atoms with Crippen LogP contribution >= 0.6 is 12.4 Å². The monoisotopic (exact) mass is 202 g/mol. The van der Waals surface area contributed by atoms with Gasteiger partial charge in [0, 0.05) is 25.8 Å². The Bertz CT molecular complexity index is 226. The predicted molar refractivity (Wildman–Crippen MR) is 55.6 cm³/mol. The molecule has 0 bridgehead atoms. The van der Waals surface area contributed by atoms with E-state index in [0.717, 1.165) is 5.82 Å². The number of halogens is 1. The standard InChI is InChI=1S/C7H11BN2O2.ClH/c1-10(2)7-4-3-6(5-9-7)8(11)12;/h3-5,11-12H,1-2H3;1H. The minimum absolute atomic E-state index is 0. The first-order chi connectivity index (χ1) is 5.61. The van der Waals surface area contributed by atoms with E-state index in [1.165, 1.54) is 6.20 Å². The lowest BCUT2D eigenvalue weighted by Gasteiger charge is -2.10. The zero-order chi connectivity index (χ0) is 9.14. The summed E-state index contributed by atoms with van der Waals surface area (Å²) >= 11 is 0. The fourth-order valence-electron chi connectivity index (χ4n) is 0.815. The van der Waals surface area contributed by atoms with E-state index >= 15 is 0 Å². The van der Waals surface area contributed by atoms with Crippen molar-refractivity contribution in [3.05, 3.63) is 18.3 Å². The molecule has 0 aliphatic rings. The summed E-state index contributed by atoms with van der Waals surface area (Å²) in [4.78, 5) is 5.85. The Labute approximate surface area is 83.8 Å². The highest BCUT2D eigenvalue weighted by molar-refractivity contribution is 6.58. The van der Waals surface area contributed by atoms with E-state index < -0.39 is 7.12 Å². The van der Waals surface area contributed by atoms with E-state index in [1.54, 1.807) is 12.1 Å². The molecule has 0 atom stereocenters. The molecule has 4 nitrogen and oxygen atoms in total. The van der Waals surface area contributed by atoms with Crippen molar-refractivity contribution >= 4 is 30.8 Å². The van der Waals surface area contributed by atoms with Crippen molar-refractivity contribution in [3.8, 4) is 0 Å². The van der Waals surface area contributed by atoms with Crippen LogP contribution in [-0.2, 0) is 0 Å². The molecule has 6 heteroatoms. The van der Waals surface area contributed by atoms with Crippen LogP contribution < -0.4 is 10.4 Å². The molecule has 0 aliphatic heterocycles. The van der Waals surface area contributed by atoms with Crippen LogP contribution in [0.4, 0.5) is 5.82 Å². The largest absolute Gasteiger partial charge is 0.490 e. The number of hydrogen-bond donors (Lipinski definition) is 2. The molecule has 0 unspecified atom stereocenters. The first-order valence-electron chi connectivity index (χ1n) is 3.60. The number of anilines is 1. The quantitative estimate of drug-likeness (QED) is 0.620. The number of rotatable bonds is 2. The number of aromatic nitrogens is 1. The zero-order valence-electron chi connectivity index (χ0n) is 7.51. The molecular weight excluding hydrogens is 190 g/mol. The zero-order valence-corrected chi connectivity index (χ0v) is 8.32. The summed E-state index contributed by atoms with van der Waals surface area (Å²) in [6, 6.07) is 3.36. The van der Waals surface area contributed by atoms with E-state index in [-0.39, 0.29) is 12.4 Å². The van der Waals surface area contributed by atoms with Gasteiger partial charge in [0.15, 0.2) is 0 Å². The molecule has 0 spiro atoms. The van der Waals surface area contributed by atoms with Crippen LogP contribution in [-0.4, -0.2) is 36.2 Å². The second kappa shape index (κ2) is 5.06. The third kappa shape index (κ3) is 3.22. The smallest absolute Gasteiger partial charge is 0.423 e. The van der Waals surface area contributed by atoms with Gasteiger partial charge in [0.25, 0.3) is 0 Å². The highest BCUT2D eigenvalue weighted by Gasteiger charge is 2.10. The molecule has 0 aliphatic carbocycles. The molecule has 0 saturated carbocycles. The van der Waals surface area contributed by atoms with Gasteiger partial charge in [-0.3, -0.25) is 0 Å². The first kappa shape index (κ1) is 12.2. The third-order valence-electron chi connectivity index (χ3n) is 1.53. The highest BCUT2D eigenvalue weighted by Crippen LogP contribution is 2.01. The summed E-state index contributed by atoms with van der Waals surface area (Å²) in [7, 11) is 2.31. The molecule has 1 rings (SSSR count). The van der Waals surface area contributed by atoms with Crippen molar-refractivity contribution in [2.45, 2.75) is 0 Å². The van der Waals surface area contributed by atoms with Gasteiger partial charge in [0.2, 0.25) is 0 Å². The van der Waals surface area contributed by atoms with Crippen LogP contribution in [0.2, 0.25) is 0 Å². The maximum absolute atomic E-state index is 8.76. The molecule has 2 N–H and O–H groups in total. The summed E-state index contributed by atoms with van der Waals surface area (Å²) in [5.41, 5.74) is 0.403. The van der Waals surface area contributed by atoms with Crippen LogP contribution in [0.15, 0.2) is 18.3 Å². The van der Waals surface area contributed by atoms with Gasteiger partial charge in [0.1, 0.15) is 5.82 Å². The van der Waals surface area contributed by atoms with Gasteiger partial charge in [-0.1, -0.05) is 6.07 Å². The van der Waals surface area contributed by atoms with Crippen LogP contribution in [0, 0.1) is 0 Å². The number of nitrogens with zero attached hydrogens (tertiary/aromatic N) is 2. The minimum atomic E-state index is -1.44. The molecular formula is C7H12BClN2O2. The second-order valence-electron chi connectivity index (χ2n) is 2.72. The van der Waals surface area contributed by atoms with Crippen molar-refractivity contribution in [1.82, 2.24) is 4.98 Å². The average molecular weight is 202 g/mol. The van der Waals surface area contributed by atoms with Gasteiger partial charge < -0.3 is 14.9 Å². The molecule has 13 heavy (non-hydrogen) atoms. The highest BCUT2D eigenvalue weighted by atomic mass is 35.5. The Morgan fingerprint density at radius 2 is 1.92 bits per heavy atom. The first-order valence-corrected chi connectivity index (χ1v) is 3.60. The van der Waals surface area contributed by atoms with E-state index in [2.05, 4.69) is 4.98 Å². The topological polar surface area (TPSA) is 56.6 Å². The van der Waals surface area contributed by atoms with Crippen LogP contribution in [0.25, 0.3) is 0 Å². The molecule has 1 heterocycles. The summed E-state index contributed by atoms with van der Waals surface area (Å²) < 4.78 is 0. The third-order valence-corrected chi connectivity index (χ3v) is 1.53. The van der Waals surface area contributed by atoms with E-state index in [9.17, 15) is 0 Å². The van der Waals surface area contributed by atoms with Gasteiger partial charge in [-0.2, -0.15) is 0 Å². The maximum atomic E-state index is 8.76. The normalized spacial score (nSPS) is 8.92. The van der Waals surface area contributed by atoms with Crippen molar-refractivity contribution in [3.63, 3.8) is 0 Å². The summed E-state index contributed by atoms with van der Waals surface area (Å²) in [6.07, 6.45) is 1.44. The summed E-state index contributed by atoms with van der Waals surface area (Å²) in [5.74, 6) is 0.791. The molecule has 1 aromatic heterocycles. The van der Waals surface area contributed by atoms with Crippen LogP contribution in [0.3, 0.4) is 0 Å². The van der Waals surface area contributed by atoms with E-state index in [1.807, 2.05) is 19.0 Å². The van der Waals surface area contributed by atoms with Crippen molar-refractivity contribution in [2.24, 2.45) is 0 Å². The van der Waals surface area contributed by atoms with Gasteiger partial charge in [0.05, 0.1) is 0 Å². The van der Waals surface area contributed by atoms with Gasteiger partial charge in [-0.25, -0.2) is 4.98 Å². The Morgan fingerprint density at radius 3 is 2.23 bits per heavy atom. The van der Waals surface area contributed by atoms with Crippen molar-refractivity contribution < 1.29 is 10.0 Å². The SMILES string of the molecule is CN(C)c1ccc(B(O)O)cn1.Cl. The Morgan fingerprint density at radius 1 is 1.31 bits per heavy atom. The number of hydrogen-bond acceptors (Lipinski definition) is 4. The maximum Gasteiger partial charge on any atom is 0.490 e. The molecule has 0 aromatic carbocycles. The van der Waals surface area contributed by atoms with Crippen LogP contribution in [0.1, 0.15) is 0 Å². The summed E-state index contributed by atoms with van der Waals surface area (Å²) in [5, 5.41) is 17.5. The average Bonchev–Trinajstić information content (AvgIpc) is 2.04. The van der Waals surface area contributed by atoms with E-state index in [4.69, 9.17) is 10.0 Å². The van der Waals surface area contributed by atoms with Crippen LogP contribution in [0.5, 0.6) is 0 Å². The fraction of sp³-hybridized carbons (Fsp3) is 0.286.